The van der Waals surface area contributed by atoms with Crippen molar-refractivity contribution in [2.45, 2.75) is 50.7 Å². The van der Waals surface area contributed by atoms with Gasteiger partial charge in [-0.3, -0.25) is 9.59 Å². The number of likely N-dealkylation sites (tertiary alicyclic amines) is 1. The van der Waals surface area contributed by atoms with E-state index in [1.54, 1.807) is 23.2 Å². The standard InChI is InChI=1S/C20H23N3O4/c1-27-20(26)17-10-13-6-3-5-9-16(13)23(17)18(24)12-22-19(25)15-8-4-2-7-14(15)11-21-22/h2,4,7-8,11,13,16-17H,3,5-6,9-10,12H2,1H3. The summed E-state index contributed by atoms with van der Waals surface area (Å²) < 4.78 is 6.12. The lowest BCUT2D eigenvalue weighted by molar-refractivity contribution is -0.152. The molecule has 2 heterocycles. The number of esters is 1. The van der Waals surface area contributed by atoms with Crippen molar-refractivity contribution in [2.75, 3.05) is 7.11 Å². The summed E-state index contributed by atoms with van der Waals surface area (Å²) in [4.78, 5) is 39.7. The van der Waals surface area contributed by atoms with Crippen LogP contribution in [0.1, 0.15) is 32.1 Å². The van der Waals surface area contributed by atoms with Crippen molar-refractivity contribution in [1.82, 2.24) is 14.7 Å². The van der Waals surface area contributed by atoms with Crippen LogP contribution in [0.4, 0.5) is 0 Å². The maximum atomic E-state index is 13.1. The van der Waals surface area contributed by atoms with E-state index in [1.807, 2.05) is 12.1 Å². The van der Waals surface area contributed by atoms with E-state index in [1.165, 1.54) is 11.8 Å². The van der Waals surface area contributed by atoms with Gasteiger partial charge in [-0.05, 0) is 31.2 Å². The molecule has 1 aromatic heterocycles. The van der Waals surface area contributed by atoms with E-state index in [4.69, 9.17) is 4.74 Å². The van der Waals surface area contributed by atoms with Crippen molar-refractivity contribution in [3.8, 4) is 0 Å². The number of methoxy groups -OCH3 is 1. The Morgan fingerprint density at radius 2 is 2.00 bits per heavy atom. The van der Waals surface area contributed by atoms with E-state index < -0.39 is 6.04 Å². The second-order valence-corrected chi connectivity index (χ2v) is 7.38. The smallest absolute Gasteiger partial charge is 0.328 e. The third-order valence-electron chi connectivity index (χ3n) is 5.90. The zero-order valence-electron chi connectivity index (χ0n) is 15.3. The average molecular weight is 369 g/mol. The normalized spacial score (nSPS) is 24.6. The van der Waals surface area contributed by atoms with E-state index >= 15 is 0 Å². The lowest BCUT2D eigenvalue weighted by atomic mass is 9.85. The van der Waals surface area contributed by atoms with Gasteiger partial charge >= 0.3 is 5.97 Å². The molecule has 2 fully saturated rings. The second-order valence-electron chi connectivity index (χ2n) is 7.38. The highest BCUT2D eigenvalue weighted by Crippen LogP contribution is 2.40. The van der Waals surface area contributed by atoms with Gasteiger partial charge in [0.25, 0.3) is 5.56 Å². The highest BCUT2D eigenvalue weighted by molar-refractivity contribution is 5.86. The van der Waals surface area contributed by atoms with Gasteiger partial charge in [-0.15, -0.1) is 0 Å². The number of amides is 1. The molecule has 3 atom stereocenters. The van der Waals surface area contributed by atoms with Crippen LogP contribution in [0.3, 0.4) is 0 Å². The Morgan fingerprint density at radius 1 is 1.22 bits per heavy atom. The van der Waals surface area contributed by atoms with Crippen LogP contribution in [-0.4, -0.2) is 45.8 Å². The summed E-state index contributed by atoms with van der Waals surface area (Å²) in [5.41, 5.74) is -0.296. The highest BCUT2D eigenvalue weighted by Gasteiger charge is 2.47. The van der Waals surface area contributed by atoms with Crippen molar-refractivity contribution in [2.24, 2.45) is 5.92 Å². The Hall–Kier alpha value is -2.70. The Bertz CT molecular complexity index is 938. The van der Waals surface area contributed by atoms with Crippen molar-refractivity contribution in [1.29, 1.82) is 0 Å². The van der Waals surface area contributed by atoms with Crippen LogP contribution in [-0.2, 0) is 20.9 Å². The second kappa shape index (κ2) is 7.13. The van der Waals surface area contributed by atoms with Crippen LogP contribution in [0.2, 0.25) is 0 Å². The molecular formula is C20H23N3O4. The fourth-order valence-electron chi connectivity index (χ4n) is 4.62. The Kier molecular flexibility index (Phi) is 4.68. The topological polar surface area (TPSA) is 81.5 Å². The highest BCUT2D eigenvalue weighted by atomic mass is 16.5. The molecule has 1 aliphatic carbocycles. The van der Waals surface area contributed by atoms with Gasteiger partial charge in [0.1, 0.15) is 12.6 Å². The number of carbonyl (C=O) groups is 2. The first-order chi connectivity index (χ1) is 13.1. The summed E-state index contributed by atoms with van der Waals surface area (Å²) in [7, 11) is 1.35. The molecule has 27 heavy (non-hydrogen) atoms. The first-order valence-electron chi connectivity index (χ1n) is 9.44. The molecule has 0 N–H and O–H groups in total. The predicted octanol–water partition coefficient (Wildman–Crippen LogP) is 1.73. The molecule has 3 unspecified atom stereocenters. The average Bonchev–Trinajstić information content (AvgIpc) is 3.09. The molecule has 142 valence electrons. The fraction of sp³-hybridized carbons (Fsp3) is 0.500. The zero-order chi connectivity index (χ0) is 19.0. The van der Waals surface area contributed by atoms with E-state index in [-0.39, 0.29) is 30.0 Å². The lowest BCUT2D eigenvalue weighted by Crippen LogP contribution is -2.48. The molecule has 2 aromatic rings. The van der Waals surface area contributed by atoms with E-state index in [2.05, 4.69) is 5.10 Å². The molecule has 1 amide bonds. The van der Waals surface area contributed by atoms with Crippen molar-refractivity contribution in [3.63, 3.8) is 0 Å². The number of aromatic nitrogens is 2. The number of benzene rings is 1. The first-order valence-corrected chi connectivity index (χ1v) is 9.44. The van der Waals surface area contributed by atoms with E-state index in [0.29, 0.717) is 17.7 Å². The maximum absolute atomic E-state index is 13.1. The summed E-state index contributed by atoms with van der Waals surface area (Å²) in [6.07, 6.45) is 6.33. The minimum atomic E-state index is -0.563. The molecule has 1 aliphatic heterocycles. The number of hydrogen-bond donors (Lipinski definition) is 0. The minimum Gasteiger partial charge on any atom is -0.467 e. The van der Waals surface area contributed by atoms with Crippen LogP contribution >= 0.6 is 0 Å². The van der Waals surface area contributed by atoms with Crippen LogP contribution in [0.5, 0.6) is 0 Å². The van der Waals surface area contributed by atoms with Crippen LogP contribution in [0, 0.1) is 5.92 Å². The molecule has 7 nitrogen and oxygen atoms in total. The van der Waals surface area contributed by atoms with Gasteiger partial charge < -0.3 is 9.64 Å². The van der Waals surface area contributed by atoms with Crippen molar-refractivity contribution < 1.29 is 14.3 Å². The Balaban J connectivity index is 1.63. The summed E-state index contributed by atoms with van der Waals surface area (Å²) in [6.45, 7) is -0.166. The third-order valence-corrected chi connectivity index (χ3v) is 5.90. The summed E-state index contributed by atoms with van der Waals surface area (Å²) >= 11 is 0. The van der Waals surface area contributed by atoms with Crippen molar-refractivity contribution >= 4 is 22.6 Å². The summed E-state index contributed by atoms with van der Waals surface area (Å²) in [6, 6.07) is 6.66. The number of hydrogen-bond acceptors (Lipinski definition) is 5. The van der Waals surface area contributed by atoms with Gasteiger partial charge in [0.2, 0.25) is 5.91 Å². The van der Waals surface area contributed by atoms with Gasteiger partial charge in [0.15, 0.2) is 0 Å². The molecule has 1 aromatic carbocycles. The zero-order valence-corrected chi connectivity index (χ0v) is 15.3. The summed E-state index contributed by atoms with van der Waals surface area (Å²) in [5, 5.41) is 5.42. The van der Waals surface area contributed by atoms with Gasteiger partial charge in [0, 0.05) is 11.4 Å². The molecule has 0 spiro atoms. The number of rotatable bonds is 3. The Labute approximate surface area is 156 Å². The van der Waals surface area contributed by atoms with Gasteiger partial charge in [0.05, 0.1) is 18.7 Å². The number of nitrogens with zero attached hydrogens (tertiary/aromatic N) is 3. The van der Waals surface area contributed by atoms with Crippen molar-refractivity contribution in [3.05, 3.63) is 40.8 Å². The largest absolute Gasteiger partial charge is 0.467 e. The van der Waals surface area contributed by atoms with Crippen LogP contribution < -0.4 is 5.56 Å². The van der Waals surface area contributed by atoms with E-state index in [9.17, 15) is 14.4 Å². The fourth-order valence-corrected chi connectivity index (χ4v) is 4.62. The lowest BCUT2D eigenvalue weighted by Gasteiger charge is -2.33. The number of fused-ring (bicyclic) bond motifs is 2. The Morgan fingerprint density at radius 3 is 2.81 bits per heavy atom. The van der Waals surface area contributed by atoms with E-state index in [0.717, 1.165) is 31.1 Å². The predicted molar refractivity (Wildman–Crippen MR) is 99.0 cm³/mol. The minimum absolute atomic E-state index is 0.0477. The van der Waals surface area contributed by atoms with Gasteiger partial charge in [-0.2, -0.15) is 5.10 Å². The quantitative estimate of drug-likeness (QED) is 0.770. The maximum Gasteiger partial charge on any atom is 0.328 e. The molecule has 4 rings (SSSR count). The monoisotopic (exact) mass is 369 g/mol. The number of ether oxygens (including phenoxy) is 1. The number of carbonyl (C=O) groups excluding carboxylic acids is 2. The van der Waals surface area contributed by atoms with Gasteiger partial charge in [-0.1, -0.05) is 31.0 Å². The molecule has 0 bridgehead atoms. The third kappa shape index (κ3) is 3.11. The molecule has 7 heteroatoms. The van der Waals surface area contributed by atoms with Crippen LogP contribution in [0.25, 0.3) is 10.8 Å². The molecule has 2 aliphatic rings. The van der Waals surface area contributed by atoms with Gasteiger partial charge in [-0.25, -0.2) is 9.48 Å². The van der Waals surface area contributed by atoms with Crippen LogP contribution in [0.15, 0.2) is 35.3 Å². The molecule has 0 radical (unpaired) electrons. The SMILES string of the molecule is COC(=O)C1CC2CCCCC2N1C(=O)Cn1ncc2ccccc2c1=O. The molecule has 1 saturated heterocycles. The molecule has 1 saturated carbocycles. The summed E-state index contributed by atoms with van der Waals surface area (Å²) in [5.74, 6) is -0.297. The first kappa shape index (κ1) is 17.7. The molecular weight excluding hydrogens is 346 g/mol.